The minimum atomic E-state index is -0.0818. The predicted molar refractivity (Wildman–Crippen MR) is 87.2 cm³/mol. The van der Waals surface area contributed by atoms with Gasteiger partial charge in [-0.1, -0.05) is 19.1 Å². The van der Waals surface area contributed by atoms with Gasteiger partial charge < -0.3 is 4.90 Å². The fourth-order valence-corrected chi connectivity index (χ4v) is 3.56. The molecule has 114 valence electrons. The SMILES string of the molecule is CSc1ccc(C2NC(C)C(=O)N2CC(C)C2CC2)cc1. The highest BCUT2D eigenvalue weighted by molar-refractivity contribution is 7.98. The zero-order chi connectivity index (χ0) is 15.0. The van der Waals surface area contributed by atoms with Crippen LogP contribution in [0.2, 0.25) is 0 Å². The molecular weight excluding hydrogens is 280 g/mol. The number of amides is 1. The number of carbonyl (C=O) groups excluding carboxylic acids is 1. The van der Waals surface area contributed by atoms with Gasteiger partial charge in [-0.2, -0.15) is 0 Å². The van der Waals surface area contributed by atoms with Gasteiger partial charge in [-0.15, -0.1) is 11.8 Å². The molecule has 1 aliphatic carbocycles. The molecule has 1 saturated carbocycles. The van der Waals surface area contributed by atoms with E-state index < -0.39 is 0 Å². The summed E-state index contributed by atoms with van der Waals surface area (Å²) >= 11 is 1.74. The standard InChI is InChI=1S/C17H24N2OS/c1-11(13-4-5-13)10-19-16(18-12(2)17(19)20)14-6-8-15(21-3)9-7-14/h6-9,11-13,16,18H,4-5,10H2,1-3H3. The molecule has 21 heavy (non-hydrogen) atoms. The zero-order valence-corrected chi connectivity index (χ0v) is 13.8. The Morgan fingerprint density at radius 1 is 1.33 bits per heavy atom. The Bertz CT molecular complexity index is 512. The molecule has 2 fully saturated rings. The van der Waals surface area contributed by atoms with Crippen LogP contribution in [-0.4, -0.2) is 29.6 Å². The van der Waals surface area contributed by atoms with Gasteiger partial charge in [0, 0.05) is 11.4 Å². The maximum atomic E-state index is 12.4. The van der Waals surface area contributed by atoms with Crippen LogP contribution in [-0.2, 0) is 4.79 Å². The van der Waals surface area contributed by atoms with E-state index in [1.54, 1.807) is 11.8 Å². The van der Waals surface area contributed by atoms with E-state index in [9.17, 15) is 4.79 Å². The molecule has 2 aliphatic rings. The number of nitrogens with one attached hydrogen (secondary N) is 1. The van der Waals surface area contributed by atoms with Crippen LogP contribution in [0.5, 0.6) is 0 Å². The second kappa shape index (κ2) is 6.01. The van der Waals surface area contributed by atoms with E-state index in [1.165, 1.54) is 23.3 Å². The van der Waals surface area contributed by atoms with Crippen molar-refractivity contribution in [2.75, 3.05) is 12.8 Å². The minimum absolute atomic E-state index is 0.0320. The first-order valence-electron chi connectivity index (χ1n) is 7.80. The van der Waals surface area contributed by atoms with E-state index >= 15 is 0 Å². The third kappa shape index (κ3) is 3.11. The fraction of sp³-hybridized carbons (Fsp3) is 0.588. The molecule has 1 aromatic rings. The summed E-state index contributed by atoms with van der Waals surface area (Å²) in [6, 6.07) is 8.48. The maximum Gasteiger partial charge on any atom is 0.241 e. The molecule has 1 N–H and O–H groups in total. The number of benzene rings is 1. The van der Waals surface area contributed by atoms with Gasteiger partial charge in [0.25, 0.3) is 0 Å². The van der Waals surface area contributed by atoms with Crippen molar-refractivity contribution >= 4 is 17.7 Å². The lowest BCUT2D eigenvalue weighted by atomic mass is 10.0. The third-order valence-corrected chi connectivity index (χ3v) is 5.46. The number of rotatable bonds is 5. The Balaban J connectivity index is 1.78. The van der Waals surface area contributed by atoms with E-state index in [4.69, 9.17) is 0 Å². The smallest absolute Gasteiger partial charge is 0.241 e. The van der Waals surface area contributed by atoms with Crippen molar-refractivity contribution in [2.45, 2.75) is 43.8 Å². The second-order valence-corrected chi connectivity index (χ2v) is 7.25. The minimum Gasteiger partial charge on any atom is -0.321 e. The Morgan fingerprint density at radius 3 is 2.57 bits per heavy atom. The van der Waals surface area contributed by atoms with Gasteiger partial charge in [0.2, 0.25) is 5.91 Å². The summed E-state index contributed by atoms with van der Waals surface area (Å²) in [6.45, 7) is 5.12. The summed E-state index contributed by atoms with van der Waals surface area (Å²) in [4.78, 5) is 15.8. The van der Waals surface area contributed by atoms with Gasteiger partial charge in [0.05, 0.1) is 6.04 Å². The number of carbonyl (C=O) groups is 1. The molecule has 3 rings (SSSR count). The van der Waals surface area contributed by atoms with E-state index in [1.807, 2.05) is 11.8 Å². The number of hydrogen-bond acceptors (Lipinski definition) is 3. The number of nitrogens with zero attached hydrogens (tertiary/aromatic N) is 1. The van der Waals surface area contributed by atoms with Crippen molar-refractivity contribution in [1.82, 2.24) is 10.2 Å². The predicted octanol–water partition coefficient (Wildman–Crippen LogP) is 3.27. The van der Waals surface area contributed by atoms with Crippen LogP contribution in [0.25, 0.3) is 0 Å². The van der Waals surface area contributed by atoms with E-state index in [2.05, 4.69) is 42.8 Å². The van der Waals surface area contributed by atoms with Gasteiger partial charge in [-0.05, 0) is 55.6 Å². The Morgan fingerprint density at radius 2 is 2.00 bits per heavy atom. The van der Waals surface area contributed by atoms with Crippen LogP contribution in [0.3, 0.4) is 0 Å². The van der Waals surface area contributed by atoms with Crippen molar-refractivity contribution in [3.63, 3.8) is 0 Å². The molecule has 0 bridgehead atoms. The molecule has 0 radical (unpaired) electrons. The molecule has 4 heteroatoms. The normalized spacial score (nSPS) is 27.2. The monoisotopic (exact) mass is 304 g/mol. The Labute approximate surface area is 131 Å². The Kier molecular flexibility index (Phi) is 4.27. The first-order valence-corrected chi connectivity index (χ1v) is 9.03. The summed E-state index contributed by atoms with van der Waals surface area (Å²) in [5, 5.41) is 3.44. The summed E-state index contributed by atoms with van der Waals surface area (Å²) in [5.41, 5.74) is 1.19. The molecular formula is C17H24N2OS. The molecule has 0 aromatic heterocycles. The molecule has 1 amide bonds. The largest absolute Gasteiger partial charge is 0.321 e. The van der Waals surface area contributed by atoms with E-state index in [-0.39, 0.29) is 18.1 Å². The molecule has 0 spiro atoms. The highest BCUT2D eigenvalue weighted by Gasteiger charge is 2.39. The summed E-state index contributed by atoms with van der Waals surface area (Å²) in [5.74, 6) is 1.67. The van der Waals surface area contributed by atoms with Crippen molar-refractivity contribution in [1.29, 1.82) is 0 Å². The number of hydrogen-bond donors (Lipinski definition) is 1. The van der Waals surface area contributed by atoms with Crippen LogP contribution in [0.1, 0.15) is 38.4 Å². The average Bonchev–Trinajstić information content (AvgIpc) is 3.31. The first kappa shape index (κ1) is 14.9. The summed E-state index contributed by atoms with van der Waals surface area (Å²) in [6.07, 6.45) is 4.78. The summed E-state index contributed by atoms with van der Waals surface area (Å²) < 4.78 is 0. The van der Waals surface area contributed by atoms with Crippen molar-refractivity contribution in [2.24, 2.45) is 11.8 Å². The van der Waals surface area contributed by atoms with Crippen LogP contribution >= 0.6 is 11.8 Å². The highest BCUT2D eigenvalue weighted by Crippen LogP contribution is 2.38. The van der Waals surface area contributed by atoms with Crippen molar-refractivity contribution in [3.05, 3.63) is 29.8 Å². The van der Waals surface area contributed by atoms with Crippen molar-refractivity contribution < 1.29 is 4.79 Å². The van der Waals surface area contributed by atoms with Gasteiger partial charge >= 0.3 is 0 Å². The van der Waals surface area contributed by atoms with Crippen LogP contribution < -0.4 is 5.32 Å². The lowest BCUT2D eigenvalue weighted by Crippen LogP contribution is -2.35. The zero-order valence-electron chi connectivity index (χ0n) is 13.0. The van der Waals surface area contributed by atoms with Crippen LogP contribution in [0.15, 0.2) is 29.2 Å². The first-order chi connectivity index (χ1) is 10.1. The summed E-state index contributed by atoms with van der Waals surface area (Å²) in [7, 11) is 0. The average molecular weight is 304 g/mol. The van der Waals surface area contributed by atoms with Crippen molar-refractivity contribution in [3.8, 4) is 0 Å². The lowest BCUT2D eigenvalue weighted by Gasteiger charge is -2.27. The van der Waals surface area contributed by atoms with Gasteiger partial charge in [-0.3, -0.25) is 10.1 Å². The van der Waals surface area contributed by atoms with Crippen LogP contribution in [0.4, 0.5) is 0 Å². The molecule has 3 unspecified atom stereocenters. The second-order valence-electron chi connectivity index (χ2n) is 6.37. The lowest BCUT2D eigenvalue weighted by molar-refractivity contribution is -0.130. The molecule has 1 aromatic carbocycles. The number of thioether (sulfide) groups is 1. The van der Waals surface area contributed by atoms with E-state index in [0.717, 1.165) is 12.5 Å². The molecule has 3 nitrogen and oxygen atoms in total. The Hall–Kier alpha value is -1.00. The third-order valence-electron chi connectivity index (χ3n) is 4.72. The topological polar surface area (TPSA) is 32.3 Å². The molecule has 3 atom stereocenters. The van der Waals surface area contributed by atoms with Gasteiger partial charge in [0.1, 0.15) is 6.17 Å². The van der Waals surface area contributed by atoms with E-state index in [0.29, 0.717) is 5.92 Å². The molecule has 1 saturated heterocycles. The van der Waals surface area contributed by atoms with Gasteiger partial charge in [0.15, 0.2) is 0 Å². The molecule has 1 aliphatic heterocycles. The van der Waals surface area contributed by atoms with Gasteiger partial charge in [-0.25, -0.2) is 0 Å². The fourth-order valence-electron chi connectivity index (χ4n) is 3.16. The van der Waals surface area contributed by atoms with Crippen LogP contribution in [0, 0.1) is 11.8 Å². The maximum absolute atomic E-state index is 12.4. The highest BCUT2D eigenvalue weighted by atomic mass is 32.2. The quantitative estimate of drug-likeness (QED) is 0.847. The molecule has 1 heterocycles.